The lowest BCUT2D eigenvalue weighted by Crippen LogP contribution is -2.53. The third-order valence-corrected chi connectivity index (χ3v) is 5.34. The van der Waals surface area contributed by atoms with Crippen molar-refractivity contribution in [1.82, 2.24) is 10.2 Å². The Bertz CT molecular complexity index is 637. The molecule has 0 unspecified atom stereocenters. The van der Waals surface area contributed by atoms with Gasteiger partial charge in [-0.05, 0) is 30.9 Å². The summed E-state index contributed by atoms with van der Waals surface area (Å²) in [5.74, 6) is -0.530. The Kier molecular flexibility index (Phi) is 3.97. The minimum atomic E-state index is -0.791. The molecule has 1 aliphatic heterocycles. The van der Waals surface area contributed by atoms with Crippen LogP contribution in [0.3, 0.4) is 0 Å². The van der Waals surface area contributed by atoms with Crippen molar-refractivity contribution in [1.29, 1.82) is 0 Å². The number of amides is 3. The van der Waals surface area contributed by atoms with Crippen molar-refractivity contribution in [2.75, 3.05) is 0 Å². The first-order valence-electron chi connectivity index (χ1n) is 7.52. The molecule has 2 fully saturated rings. The maximum absolute atomic E-state index is 14.0. The predicted molar refractivity (Wildman–Crippen MR) is 83.5 cm³/mol. The minimum absolute atomic E-state index is 0.0295. The molecule has 4 nitrogen and oxygen atoms in total. The van der Waals surface area contributed by atoms with Crippen molar-refractivity contribution in [2.45, 2.75) is 44.7 Å². The van der Waals surface area contributed by atoms with Crippen LogP contribution in [0.1, 0.15) is 38.2 Å². The number of hydrogen-bond acceptors (Lipinski definition) is 2. The molecule has 0 radical (unpaired) electrons. The second-order valence-electron chi connectivity index (χ2n) is 6.18. The van der Waals surface area contributed by atoms with Gasteiger partial charge >= 0.3 is 6.03 Å². The van der Waals surface area contributed by atoms with Crippen molar-refractivity contribution >= 4 is 27.9 Å². The third-order valence-electron chi connectivity index (χ3n) is 4.85. The summed E-state index contributed by atoms with van der Waals surface area (Å²) in [5, 5.41) is 2.88. The van der Waals surface area contributed by atoms with E-state index in [0.29, 0.717) is 16.5 Å². The van der Waals surface area contributed by atoms with Crippen molar-refractivity contribution in [3.8, 4) is 0 Å². The molecule has 1 aromatic carbocycles. The topological polar surface area (TPSA) is 49.4 Å². The molecule has 3 amide bonds. The molecule has 2 aliphatic rings. The van der Waals surface area contributed by atoms with Crippen LogP contribution in [0.15, 0.2) is 22.7 Å². The fourth-order valence-electron chi connectivity index (χ4n) is 3.46. The Labute approximate surface area is 137 Å². The Hall–Kier alpha value is -1.43. The van der Waals surface area contributed by atoms with E-state index in [1.54, 1.807) is 12.1 Å². The molecule has 1 aliphatic carbocycles. The highest BCUT2D eigenvalue weighted by Gasteiger charge is 2.54. The van der Waals surface area contributed by atoms with Gasteiger partial charge in [0.1, 0.15) is 11.4 Å². The maximum atomic E-state index is 14.0. The zero-order chi connectivity index (χ0) is 15.9. The first-order valence-corrected chi connectivity index (χ1v) is 8.31. The highest BCUT2D eigenvalue weighted by atomic mass is 79.9. The van der Waals surface area contributed by atoms with E-state index < -0.39 is 17.4 Å². The summed E-state index contributed by atoms with van der Waals surface area (Å²) < 4.78 is 14.6. The molecule has 1 saturated heterocycles. The summed E-state index contributed by atoms with van der Waals surface area (Å²) in [7, 11) is 0. The van der Waals surface area contributed by atoms with Crippen LogP contribution in [0.5, 0.6) is 0 Å². The summed E-state index contributed by atoms with van der Waals surface area (Å²) in [4.78, 5) is 26.2. The molecule has 2 atom stereocenters. The maximum Gasteiger partial charge on any atom is 0.325 e. The SMILES string of the molecule is C[C@H]1CCCC[C@]12NC(=O)N(Cc1ccc(Br)cc1F)C2=O. The lowest BCUT2D eigenvalue weighted by Gasteiger charge is -2.36. The van der Waals surface area contributed by atoms with Gasteiger partial charge in [0.25, 0.3) is 5.91 Å². The summed E-state index contributed by atoms with van der Waals surface area (Å²) in [6.45, 7) is 1.97. The van der Waals surface area contributed by atoms with Gasteiger partial charge in [-0.3, -0.25) is 9.69 Å². The smallest absolute Gasteiger partial charge is 0.323 e. The van der Waals surface area contributed by atoms with E-state index in [4.69, 9.17) is 0 Å². The first kappa shape index (κ1) is 15.5. The Morgan fingerprint density at radius 3 is 2.86 bits per heavy atom. The highest BCUT2D eigenvalue weighted by Crippen LogP contribution is 2.38. The van der Waals surface area contributed by atoms with Crippen LogP contribution in [-0.2, 0) is 11.3 Å². The van der Waals surface area contributed by atoms with Crippen molar-refractivity contribution in [3.63, 3.8) is 0 Å². The van der Waals surface area contributed by atoms with Crippen LogP contribution >= 0.6 is 15.9 Å². The van der Waals surface area contributed by atoms with Crippen LogP contribution in [0, 0.1) is 11.7 Å². The molecule has 1 N–H and O–H groups in total. The van der Waals surface area contributed by atoms with E-state index in [-0.39, 0.29) is 18.4 Å². The Morgan fingerprint density at radius 2 is 2.18 bits per heavy atom. The number of imide groups is 1. The average Bonchev–Trinajstić information content (AvgIpc) is 2.70. The lowest BCUT2D eigenvalue weighted by atomic mass is 9.73. The van der Waals surface area contributed by atoms with Crippen LogP contribution < -0.4 is 5.32 Å². The van der Waals surface area contributed by atoms with E-state index in [1.165, 1.54) is 6.07 Å². The number of carbonyl (C=O) groups is 2. The van der Waals surface area contributed by atoms with E-state index in [0.717, 1.165) is 24.2 Å². The molecule has 6 heteroatoms. The zero-order valence-electron chi connectivity index (χ0n) is 12.4. The number of carbonyl (C=O) groups excluding carboxylic acids is 2. The van der Waals surface area contributed by atoms with Gasteiger partial charge in [-0.1, -0.05) is 41.8 Å². The fourth-order valence-corrected chi connectivity index (χ4v) is 3.79. The van der Waals surface area contributed by atoms with Gasteiger partial charge in [0.05, 0.1) is 6.54 Å². The molecule has 1 aromatic rings. The molecule has 1 heterocycles. The average molecular weight is 369 g/mol. The molecular formula is C16H18BrFN2O2. The van der Waals surface area contributed by atoms with Crippen molar-refractivity contribution in [3.05, 3.63) is 34.1 Å². The summed E-state index contributed by atoms with van der Waals surface area (Å²) >= 11 is 3.20. The number of hydrogen-bond donors (Lipinski definition) is 1. The number of nitrogens with one attached hydrogen (secondary N) is 1. The zero-order valence-corrected chi connectivity index (χ0v) is 14.0. The second kappa shape index (κ2) is 5.65. The van der Waals surface area contributed by atoms with Crippen LogP contribution in [0.2, 0.25) is 0 Å². The van der Waals surface area contributed by atoms with Gasteiger partial charge < -0.3 is 5.32 Å². The summed E-state index contributed by atoms with van der Waals surface area (Å²) in [6, 6.07) is 4.22. The van der Waals surface area contributed by atoms with Crippen molar-refractivity contribution < 1.29 is 14.0 Å². The van der Waals surface area contributed by atoms with E-state index in [1.807, 2.05) is 6.92 Å². The monoisotopic (exact) mass is 368 g/mol. The van der Waals surface area contributed by atoms with Gasteiger partial charge in [-0.15, -0.1) is 0 Å². The number of rotatable bonds is 2. The van der Waals surface area contributed by atoms with Crippen LogP contribution in [0.4, 0.5) is 9.18 Å². The highest BCUT2D eigenvalue weighted by molar-refractivity contribution is 9.10. The predicted octanol–water partition coefficient (Wildman–Crippen LogP) is 3.59. The molecule has 0 bridgehead atoms. The number of urea groups is 1. The second-order valence-corrected chi connectivity index (χ2v) is 7.09. The molecular weight excluding hydrogens is 351 g/mol. The van der Waals surface area contributed by atoms with E-state index in [2.05, 4.69) is 21.2 Å². The molecule has 118 valence electrons. The standard InChI is InChI=1S/C16H18BrFN2O2/c1-10-4-2-3-7-16(10)14(21)20(15(22)19-16)9-11-5-6-12(17)8-13(11)18/h5-6,8,10H,2-4,7,9H2,1H3,(H,19,22)/t10-,16-/m0/s1. The van der Waals surface area contributed by atoms with Gasteiger partial charge in [-0.25, -0.2) is 9.18 Å². The molecule has 1 saturated carbocycles. The van der Waals surface area contributed by atoms with Gasteiger partial charge in [-0.2, -0.15) is 0 Å². The molecule has 0 aromatic heterocycles. The minimum Gasteiger partial charge on any atom is -0.323 e. The van der Waals surface area contributed by atoms with E-state index >= 15 is 0 Å². The molecule has 1 spiro atoms. The first-order chi connectivity index (χ1) is 10.4. The lowest BCUT2D eigenvalue weighted by molar-refractivity contribution is -0.134. The van der Waals surface area contributed by atoms with E-state index in [9.17, 15) is 14.0 Å². The molecule has 3 rings (SSSR count). The molecule has 22 heavy (non-hydrogen) atoms. The number of nitrogens with zero attached hydrogens (tertiary/aromatic N) is 1. The summed E-state index contributed by atoms with van der Waals surface area (Å²) in [6.07, 6.45) is 3.59. The largest absolute Gasteiger partial charge is 0.325 e. The summed E-state index contributed by atoms with van der Waals surface area (Å²) in [5.41, 5.74) is -0.450. The quantitative estimate of drug-likeness (QED) is 0.810. The van der Waals surface area contributed by atoms with Crippen LogP contribution in [0.25, 0.3) is 0 Å². The normalized spacial score (nSPS) is 28.3. The van der Waals surface area contributed by atoms with Gasteiger partial charge in [0.2, 0.25) is 0 Å². The van der Waals surface area contributed by atoms with Gasteiger partial charge in [0, 0.05) is 10.0 Å². The number of benzene rings is 1. The Balaban J connectivity index is 1.86. The number of halogens is 2. The van der Waals surface area contributed by atoms with Crippen LogP contribution in [-0.4, -0.2) is 22.4 Å². The van der Waals surface area contributed by atoms with Gasteiger partial charge in [0.15, 0.2) is 0 Å². The Morgan fingerprint density at radius 1 is 1.41 bits per heavy atom. The third kappa shape index (κ3) is 2.43. The van der Waals surface area contributed by atoms with Crippen molar-refractivity contribution in [2.24, 2.45) is 5.92 Å². The fraction of sp³-hybridized carbons (Fsp3) is 0.500.